The van der Waals surface area contributed by atoms with E-state index >= 15 is 0 Å². The third kappa shape index (κ3) is 4.27. The number of carbonyl (C=O) groups excluding carboxylic acids is 1. The number of nitrogens with one attached hydrogen (secondary N) is 2. The zero-order valence-corrected chi connectivity index (χ0v) is 16.4. The highest BCUT2D eigenvalue weighted by Gasteiger charge is 2.43. The Hall–Kier alpha value is -1.65. The number of hydroxylamine groups is 1. The van der Waals surface area contributed by atoms with Gasteiger partial charge in [-0.3, -0.25) is 15.3 Å². The Morgan fingerprint density at radius 2 is 2.00 bits per heavy atom. The van der Waals surface area contributed by atoms with Crippen molar-refractivity contribution in [3.05, 3.63) is 40.0 Å². The van der Waals surface area contributed by atoms with E-state index in [4.69, 9.17) is 32.9 Å². The molecule has 146 valence electrons. The van der Waals surface area contributed by atoms with Crippen LogP contribution in [-0.2, 0) is 21.2 Å². The summed E-state index contributed by atoms with van der Waals surface area (Å²) < 4.78 is 28.6. The summed E-state index contributed by atoms with van der Waals surface area (Å²) in [5.74, 6) is -0.559. The fraction of sp³-hybridized carbons (Fsp3) is 0.375. The smallest absolute Gasteiger partial charge is 0.263 e. The second-order valence-corrected chi connectivity index (χ2v) is 9.40. The number of amides is 1. The summed E-state index contributed by atoms with van der Waals surface area (Å²) in [4.78, 5) is 12.1. The number of hydrogen-bond acceptors (Lipinski definition) is 7. The van der Waals surface area contributed by atoms with E-state index in [0.29, 0.717) is 27.1 Å². The molecular formula is C16H17Cl2N3O5S. The summed E-state index contributed by atoms with van der Waals surface area (Å²) >= 11 is 12.2. The van der Waals surface area contributed by atoms with Gasteiger partial charge in [0, 0.05) is 18.2 Å². The predicted molar refractivity (Wildman–Crippen MR) is 99.3 cm³/mol. The molecular weight excluding hydrogens is 417 g/mol. The van der Waals surface area contributed by atoms with Gasteiger partial charge >= 0.3 is 0 Å². The van der Waals surface area contributed by atoms with Gasteiger partial charge in [-0.1, -0.05) is 34.4 Å². The van der Waals surface area contributed by atoms with Crippen LogP contribution in [0.1, 0.15) is 18.5 Å². The van der Waals surface area contributed by atoms with Gasteiger partial charge in [-0.25, -0.2) is 13.9 Å². The molecule has 0 spiro atoms. The minimum absolute atomic E-state index is 0.0482. The molecule has 1 fully saturated rings. The maximum absolute atomic E-state index is 12.1. The van der Waals surface area contributed by atoms with Crippen LogP contribution in [-0.4, -0.2) is 41.7 Å². The number of sulfone groups is 1. The molecule has 2 heterocycles. The lowest BCUT2D eigenvalue weighted by molar-refractivity contribution is -0.136. The molecule has 0 bridgehead atoms. The van der Waals surface area contributed by atoms with Crippen molar-refractivity contribution in [3.63, 3.8) is 0 Å². The molecule has 2 aromatic rings. The molecule has 0 atom stereocenters. The third-order valence-corrected chi connectivity index (χ3v) is 7.07. The lowest BCUT2D eigenvalue weighted by Gasteiger charge is -2.35. The molecule has 11 heteroatoms. The largest absolute Gasteiger partial charge is 0.356 e. The number of halogens is 2. The van der Waals surface area contributed by atoms with Crippen molar-refractivity contribution in [1.29, 1.82) is 0 Å². The number of benzene rings is 1. The van der Waals surface area contributed by atoms with Crippen LogP contribution in [0.3, 0.4) is 0 Å². The lowest BCUT2D eigenvalue weighted by atomic mass is 9.91. The van der Waals surface area contributed by atoms with Crippen molar-refractivity contribution in [2.24, 2.45) is 0 Å². The quantitative estimate of drug-likeness (QED) is 0.487. The summed E-state index contributed by atoms with van der Waals surface area (Å²) in [5.41, 5.74) is 1.47. The van der Waals surface area contributed by atoms with Gasteiger partial charge in [0.2, 0.25) is 0 Å². The first-order valence-corrected chi connectivity index (χ1v) is 10.6. The van der Waals surface area contributed by atoms with Gasteiger partial charge in [0.05, 0.1) is 27.2 Å². The van der Waals surface area contributed by atoms with Crippen LogP contribution >= 0.6 is 23.2 Å². The molecule has 3 rings (SSSR count). The number of aromatic nitrogens is 1. The van der Waals surface area contributed by atoms with Gasteiger partial charge < -0.3 is 4.52 Å². The highest BCUT2D eigenvalue weighted by Crippen LogP contribution is 2.34. The molecule has 0 saturated carbocycles. The van der Waals surface area contributed by atoms with E-state index in [1.165, 1.54) is 0 Å². The normalized spacial score (nSPS) is 18.2. The number of nitrogens with zero attached hydrogens (tertiary/aromatic N) is 1. The van der Waals surface area contributed by atoms with Crippen LogP contribution in [0, 0.1) is 0 Å². The van der Waals surface area contributed by atoms with Crippen LogP contribution < -0.4 is 10.8 Å². The van der Waals surface area contributed by atoms with Crippen molar-refractivity contribution in [2.45, 2.75) is 24.9 Å². The van der Waals surface area contributed by atoms with Crippen molar-refractivity contribution in [2.75, 3.05) is 11.5 Å². The SMILES string of the molecule is O=C(NO)C1(NCc2cc(-c3cccc(Cl)c3Cl)on2)CCS(=O)(=O)CC1. The van der Waals surface area contributed by atoms with E-state index in [1.807, 2.05) is 0 Å². The first-order chi connectivity index (χ1) is 12.8. The topological polar surface area (TPSA) is 122 Å². The molecule has 1 aliphatic heterocycles. The van der Waals surface area contributed by atoms with Gasteiger partial charge in [-0.05, 0) is 25.0 Å². The maximum Gasteiger partial charge on any atom is 0.263 e. The molecule has 0 radical (unpaired) electrons. The summed E-state index contributed by atoms with van der Waals surface area (Å²) in [6.45, 7) is 0.134. The van der Waals surface area contributed by atoms with Crippen molar-refractivity contribution < 1.29 is 22.9 Å². The average Bonchev–Trinajstić information content (AvgIpc) is 3.11. The Morgan fingerprint density at radius 1 is 1.30 bits per heavy atom. The molecule has 3 N–H and O–H groups in total. The zero-order chi connectivity index (χ0) is 19.7. The highest BCUT2D eigenvalue weighted by molar-refractivity contribution is 7.91. The van der Waals surface area contributed by atoms with Crippen LogP contribution in [0.5, 0.6) is 0 Å². The first-order valence-electron chi connectivity index (χ1n) is 8.06. The van der Waals surface area contributed by atoms with Crippen molar-refractivity contribution >= 4 is 38.9 Å². The summed E-state index contributed by atoms with van der Waals surface area (Å²) in [5, 5.41) is 16.7. The Bertz CT molecular complexity index is 947. The van der Waals surface area contributed by atoms with Crippen LogP contribution in [0.2, 0.25) is 10.0 Å². The molecule has 1 aromatic carbocycles. The second kappa shape index (κ2) is 7.76. The summed E-state index contributed by atoms with van der Waals surface area (Å²) in [6.07, 6.45) is 0.0963. The predicted octanol–water partition coefficient (Wildman–Crippen LogP) is 2.19. The summed E-state index contributed by atoms with van der Waals surface area (Å²) in [6, 6.07) is 6.76. The number of hydrogen-bond donors (Lipinski definition) is 3. The van der Waals surface area contributed by atoms with Crippen molar-refractivity contribution in [1.82, 2.24) is 16.0 Å². The van der Waals surface area contributed by atoms with Gasteiger partial charge in [-0.2, -0.15) is 0 Å². The monoisotopic (exact) mass is 433 g/mol. The minimum atomic E-state index is -3.18. The van der Waals surface area contributed by atoms with Crippen LogP contribution in [0.15, 0.2) is 28.8 Å². The van der Waals surface area contributed by atoms with Gasteiger partial charge in [-0.15, -0.1) is 0 Å². The van der Waals surface area contributed by atoms with E-state index in [9.17, 15) is 13.2 Å². The Balaban J connectivity index is 1.76. The van der Waals surface area contributed by atoms with Crippen LogP contribution in [0.4, 0.5) is 0 Å². The standard InChI is InChI=1S/C16H17Cl2N3O5S/c17-12-3-1-2-11(14(12)18)13-8-10(21-26-13)9-19-16(15(22)20-23)4-6-27(24,25)7-5-16/h1-3,8,19,23H,4-7,9H2,(H,20,22). The molecule has 1 saturated heterocycles. The van der Waals surface area contributed by atoms with E-state index < -0.39 is 21.3 Å². The molecule has 1 aliphatic rings. The molecule has 1 amide bonds. The molecule has 0 unspecified atom stereocenters. The zero-order valence-electron chi connectivity index (χ0n) is 14.0. The van der Waals surface area contributed by atoms with E-state index in [0.717, 1.165) is 0 Å². The van der Waals surface area contributed by atoms with Gasteiger partial charge in [0.25, 0.3) is 5.91 Å². The number of rotatable bonds is 5. The average molecular weight is 434 g/mol. The molecule has 8 nitrogen and oxygen atoms in total. The van der Waals surface area contributed by atoms with Gasteiger partial charge in [0.1, 0.15) is 15.4 Å². The third-order valence-electron chi connectivity index (χ3n) is 4.60. The molecule has 1 aromatic heterocycles. The fourth-order valence-corrected chi connectivity index (χ4v) is 4.87. The highest BCUT2D eigenvalue weighted by atomic mass is 35.5. The van der Waals surface area contributed by atoms with E-state index in [2.05, 4.69) is 10.5 Å². The van der Waals surface area contributed by atoms with E-state index in [1.54, 1.807) is 29.7 Å². The number of carbonyl (C=O) groups is 1. The molecule has 0 aliphatic carbocycles. The van der Waals surface area contributed by atoms with Gasteiger partial charge in [0.15, 0.2) is 5.76 Å². The summed E-state index contributed by atoms with van der Waals surface area (Å²) in [7, 11) is -3.18. The molecule has 27 heavy (non-hydrogen) atoms. The second-order valence-electron chi connectivity index (χ2n) is 6.31. The fourth-order valence-electron chi connectivity index (χ4n) is 2.95. The first kappa shape index (κ1) is 20.1. The van der Waals surface area contributed by atoms with Crippen molar-refractivity contribution in [3.8, 4) is 11.3 Å². The Labute approximate surface area is 165 Å². The Kier molecular flexibility index (Phi) is 5.78. The Morgan fingerprint density at radius 3 is 2.67 bits per heavy atom. The lowest BCUT2D eigenvalue weighted by Crippen LogP contribution is -2.59. The maximum atomic E-state index is 12.1. The van der Waals surface area contributed by atoms with E-state index in [-0.39, 0.29) is 30.9 Å². The van der Waals surface area contributed by atoms with Crippen LogP contribution in [0.25, 0.3) is 11.3 Å². The minimum Gasteiger partial charge on any atom is -0.356 e.